The molecule has 1 amide bonds. The summed E-state index contributed by atoms with van der Waals surface area (Å²) < 4.78 is 57.8. The smallest absolute Gasteiger partial charge is 0.346 e. The van der Waals surface area contributed by atoms with Crippen LogP contribution in [-0.2, 0) is 14.6 Å². The second-order valence-corrected chi connectivity index (χ2v) is 5.72. The van der Waals surface area contributed by atoms with E-state index in [4.69, 9.17) is 5.73 Å². The number of halogens is 3. The molecule has 0 spiro atoms. The zero-order chi connectivity index (χ0) is 13.7. The van der Waals surface area contributed by atoms with Crippen LogP contribution in [0.25, 0.3) is 0 Å². The molecule has 0 saturated heterocycles. The molecule has 0 bridgehead atoms. The summed E-state index contributed by atoms with van der Waals surface area (Å²) in [5.41, 5.74) is 5.39. The molecule has 0 radical (unpaired) electrons. The Labute approximate surface area is 97.5 Å². The molecular formula is C8H15F3N2O3S. The minimum Gasteiger partial charge on any atom is -0.346 e. The Hall–Kier alpha value is -0.830. The van der Waals surface area contributed by atoms with Crippen molar-refractivity contribution >= 4 is 15.7 Å². The predicted octanol–water partition coefficient (Wildman–Crippen LogP) is -0.183. The van der Waals surface area contributed by atoms with Gasteiger partial charge in [0.05, 0.1) is 5.75 Å². The van der Waals surface area contributed by atoms with E-state index in [9.17, 15) is 26.4 Å². The molecule has 0 rings (SSSR count). The molecular weight excluding hydrogens is 261 g/mol. The maximum absolute atomic E-state index is 11.7. The summed E-state index contributed by atoms with van der Waals surface area (Å²) in [4.78, 5) is 10.9. The van der Waals surface area contributed by atoms with Gasteiger partial charge in [-0.25, -0.2) is 8.42 Å². The van der Waals surface area contributed by atoms with Crippen LogP contribution in [-0.4, -0.2) is 44.6 Å². The lowest BCUT2D eigenvalue weighted by Crippen LogP contribution is -2.39. The van der Waals surface area contributed by atoms with Gasteiger partial charge < -0.3 is 11.1 Å². The summed E-state index contributed by atoms with van der Waals surface area (Å²) >= 11 is 0. The van der Waals surface area contributed by atoms with Crippen LogP contribution in [0.4, 0.5) is 13.2 Å². The Balaban J connectivity index is 4.20. The van der Waals surface area contributed by atoms with Crippen molar-refractivity contribution in [1.82, 2.24) is 5.32 Å². The van der Waals surface area contributed by atoms with E-state index in [1.54, 1.807) is 6.92 Å². The molecule has 0 aromatic carbocycles. The van der Waals surface area contributed by atoms with Crippen LogP contribution in [0.2, 0.25) is 0 Å². The van der Waals surface area contributed by atoms with Gasteiger partial charge in [-0.15, -0.1) is 0 Å². The number of nitrogens with two attached hydrogens (primary N) is 1. The molecule has 0 saturated carbocycles. The number of carbonyl (C=O) groups excluding carboxylic acids is 1. The van der Waals surface area contributed by atoms with Crippen LogP contribution in [0.5, 0.6) is 0 Å². The first-order valence-corrected chi connectivity index (χ1v) is 6.67. The summed E-state index contributed by atoms with van der Waals surface area (Å²) in [7, 11) is -3.76. The number of rotatable bonds is 6. The molecule has 0 aliphatic rings. The lowest BCUT2D eigenvalue weighted by Gasteiger charge is -2.11. The van der Waals surface area contributed by atoms with Crippen molar-refractivity contribution in [2.45, 2.75) is 25.6 Å². The first-order chi connectivity index (χ1) is 7.56. The number of amides is 1. The Morgan fingerprint density at radius 2 is 1.94 bits per heavy atom. The van der Waals surface area contributed by atoms with Crippen LogP contribution in [0, 0.1) is 0 Å². The fraction of sp³-hybridized carbons (Fsp3) is 0.875. The van der Waals surface area contributed by atoms with Crippen LogP contribution in [0.15, 0.2) is 0 Å². The number of hydrogen-bond acceptors (Lipinski definition) is 4. The van der Waals surface area contributed by atoms with Crippen molar-refractivity contribution < 1.29 is 26.4 Å². The molecule has 0 fully saturated rings. The van der Waals surface area contributed by atoms with Gasteiger partial charge in [0.1, 0.15) is 12.3 Å². The lowest BCUT2D eigenvalue weighted by molar-refractivity contribution is -0.137. The molecule has 1 unspecified atom stereocenters. The third-order valence-corrected chi connectivity index (χ3v) is 3.47. The van der Waals surface area contributed by atoms with E-state index in [-0.39, 0.29) is 0 Å². The molecule has 102 valence electrons. The molecule has 0 aromatic heterocycles. The number of sulfone groups is 1. The SMILES string of the molecule is CCC(N)CS(=O)(=O)CC(=O)NCC(F)(F)F. The van der Waals surface area contributed by atoms with Crippen molar-refractivity contribution in [3.8, 4) is 0 Å². The minimum absolute atomic E-state index is 0.406. The van der Waals surface area contributed by atoms with E-state index in [1.165, 1.54) is 5.32 Å². The molecule has 0 heterocycles. The van der Waals surface area contributed by atoms with Crippen LogP contribution < -0.4 is 11.1 Å². The second-order valence-electron chi connectivity index (χ2n) is 3.61. The predicted molar refractivity (Wildman–Crippen MR) is 56.0 cm³/mol. The number of carbonyl (C=O) groups is 1. The number of alkyl halides is 3. The van der Waals surface area contributed by atoms with Crippen molar-refractivity contribution in [2.24, 2.45) is 5.73 Å². The fourth-order valence-corrected chi connectivity index (χ4v) is 2.46. The highest BCUT2D eigenvalue weighted by Gasteiger charge is 2.28. The Morgan fingerprint density at radius 1 is 1.41 bits per heavy atom. The van der Waals surface area contributed by atoms with Crippen molar-refractivity contribution in [3.63, 3.8) is 0 Å². The monoisotopic (exact) mass is 276 g/mol. The number of nitrogens with one attached hydrogen (secondary N) is 1. The Kier molecular flexibility index (Phi) is 5.89. The molecule has 17 heavy (non-hydrogen) atoms. The van der Waals surface area contributed by atoms with Crippen LogP contribution >= 0.6 is 0 Å². The minimum atomic E-state index is -4.56. The fourth-order valence-electron chi connectivity index (χ4n) is 0.953. The van der Waals surface area contributed by atoms with Gasteiger partial charge in [0.15, 0.2) is 9.84 Å². The zero-order valence-electron chi connectivity index (χ0n) is 9.25. The van der Waals surface area contributed by atoms with Gasteiger partial charge in [-0.2, -0.15) is 13.2 Å². The number of hydrogen-bond donors (Lipinski definition) is 2. The average Bonchev–Trinajstić information content (AvgIpc) is 2.12. The summed E-state index contributed by atoms with van der Waals surface area (Å²) in [6.07, 6.45) is -4.15. The Bertz CT molecular complexity index is 354. The van der Waals surface area contributed by atoms with Crippen LogP contribution in [0.3, 0.4) is 0 Å². The van der Waals surface area contributed by atoms with E-state index in [2.05, 4.69) is 0 Å². The average molecular weight is 276 g/mol. The van der Waals surface area contributed by atoms with E-state index in [1.807, 2.05) is 0 Å². The third-order valence-electron chi connectivity index (χ3n) is 1.83. The van der Waals surface area contributed by atoms with Gasteiger partial charge in [-0.3, -0.25) is 4.79 Å². The Morgan fingerprint density at radius 3 is 2.35 bits per heavy atom. The van der Waals surface area contributed by atoms with Gasteiger partial charge in [-0.1, -0.05) is 6.92 Å². The standard InChI is InChI=1S/C8H15F3N2O3S/c1-2-6(12)3-17(15,16)4-7(14)13-5-8(9,10)11/h6H,2-5,12H2,1H3,(H,13,14). The largest absolute Gasteiger partial charge is 0.405 e. The van der Waals surface area contributed by atoms with Gasteiger partial charge in [0, 0.05) is 6.04 Å². The van der Waals surface area contributed by atoms with Gasteiger partial charge in [0.2, 0.25) is 5.91 Å². The van der Waals surface area contributed by atoms with E-state index in [0.717, 1.165) is 0 Å². The van der Waals surface area contributed by atoms with E-state index in [0.29, 0.717) is 6.42 Å². The lowest BCUT2D eigenvalue weighted by atomic mass is 10.3. The van der Waals surface area contributed by atoms with Crippen LogP contribution in [0.1, 0.15) is 13.3 Å². The normalized spacial score (nSPS) is 14.4. The van der Waals surface area contributed by atoms with E-state index >= 15 is 0 Å². The molecule has 5 nitrogen and oxygen atoms in total. The molecule has 9 heteroatoms. The summed E-state index contributed by atoms with van der Waals surface area (Å²) in [5.74, 6) is -2.56. The highest BCUT2D eigenvalue weighted by molar-refractivity contribution is 7.92. The zero-order valence-corrected chi connectivity index (χ0v) is 10.1. The molecule has 3 N–H and O–H groups in total. The van der Waals surface area contributed by atoms with Crippen molar-refractivity contribution in [3.05, 3.63) is 0 Å². The first kappa shape index (κ1) is 16.2. The highest BCUT2D eigenvalue weighted by Crippen LogP contribution is 2.12. The first-order valence-electron chi connectivity index (χ1n) is 4.85. The third kappa shape index (κ3) is 8.93. The van der Waals surface area contributed by atoms with E-state index < -0.39 is 46.0 Å². The molecule has 0 aromatic rings. The summed E-state index contributed by atoms with van der Waals surface area (Å²) in [5, 5.41) is 1.49. The van der Waals surface area contributed by atoms with Gasteiger partial charge >= 0.3 is 6.18 Å². The highest BCUT2D eigenvalue weighted by atomic mass is 32.2. The van der Waals surface area contributed by atoms with Gasteiger partial charge in [0.25, 0.3) is 0 Å². The second kappa shape index (κ2) is 6.20. The molecule has 1 atom stereocenters. The molecule has 0 aliphatic heterocycles. The maximum atomic E-state index is 11.7. The quantitative estimate of drug-likeness (QED) is 0.704. The van der Waals surface area contributed by atoms with Crippen molar-refractivity contribution in [1.29, 1.82) is 0 Å². The summed E-state index contributed by atoms with van der Waals surface area (Å²) in [6.45, 7) is 0.130. The maximum Gasteiger partial charge on any atom is 0.405 e. The van der Waals surface area contributed by atoms with Gasteiger partial charge in [-0.05, 0) is 6.42 Å². The van der Waals surface area contributed by atoms with Crippen molar-refractivity contribution in [2.75, 3.05) is 18.1 Å². The topological polar surface area (TPSA) is 89.3 Å². The molecule has 0 aliphatic carbocycles. The summed E-state index contributed by atoms with van der Waals surface area (Å²) in [6, 6.07) is -0.615.